The standard InChI is InChI=1S/C22H23N3O/c1-4-17-10-5-6-11-20(17)24-19-12-18(13-23-14-19)22(26)25-21-15(2)8-7-9-16(21)3/h5-14,24H,4H2,1-3H3,(H,25,26). The second kappa shape index (κ2) is 7.83. The molecule has 2 N–H and O–H groups in total. The molecule has 0 saturated carbocycles. The topological polar surface area (TPSA) is 54.0 Å². The zero-order chi connectivity index (χ0) is 18.5. The van der Waals surface area contributed by atoms with Crippen LogP contribution in [0.5, 0.6) is 0 Å². The van der Waals surface area contributed by atoms with Crippen LogP contribution in [0.25, 0.3) is 0 Å². The number of hydrogen-bond acceptors (Lipinski definition) is 3. The number of para-hydroxylation sites is 2. The van der Waals surface area contributed by atoms with Crippen LogP contribution in [-0.4, -0.2) is 10.9 Å². The molecule has 26 heavy (non-hydrogen) atoms. The molecule has 0 atom stereocenters. The molecule has 0 aliphatic heterocycles. The molecule has 0 saturated heterocycles. The van der Waals surface area contributed by atoms with Crippen molar-refractivity contribution in [2.45, 2.75) is 27.2 Å². The molecule has 4 nitrogen and oxygen atoms in total. The smallest absolute Gasteiger partial charge is 0.257 e. The van der Waals surface area contributed by atoms with E-state index in [-0.39, 0.29) is 5.91 Å². The minimum absolute atomic E-state index is 0.165. The number of benzene rings is 2. The first kappa shape index (κ1) is 17.7. The number of aryl methyl sites for hydroxylation is 3. The maximum Gasteiger partial charge on any atom is 0.257 e. The number of rotatable bonds is 5. The van der Waals surface area contributed by atoms with Crippen molar-refractivity contribution in [1.82, 2.24) is 4.98 Å². The van der Waals surface area contributed by atoms with Gasteiger partial charge in [-0.25, -0.2) is 0 Å². The van der Waals surface area contributed by atoms with Crippen molar-refractivity contribution in [3.8, 4) is 0 Å². The predicted molar refractivity (Wildman–Crippen MR) is 107 cm³/mol. The normalized spacial score (nSPS) is 10.4. The van der Waals surface area contributed by atoms with Gasteiger partial charge in [-0.3, -0.25) is 9.78 Å². The molecular weight excluding hydrogens is 322 g/mol. The van der Waals surface area contributed by atoms with Gasteiger partial charge in [0.15, 0.2) is 0 Å². The highest BCUT2D eigenvalue weighted by Crippen LogP contribution is 2.23. The summed E-state index contributed by atoms with van der Waals surface area (Å²) in [5.74, 6) is -0.165. The molecule has 0 aliphatic rings. The molecule has 2 aromatic carbocycles. The molecule has 1 aromatic heterocycles. The summed E-state index contributed by atoms with van der Waals surface area (Å²) in [6.45, 7) is 6.09. The average Bonchev–Trinajstić information content (AvgIpc) is 2.65. The molecule has 3 aromatic rings. The minimum atomic E-state index is -0.165. The van der Waals surface area contributed by atoms with Crippen LogP contribution < -0.4 is 10.6 Å². The number of pyridine rings is 1. The van der Waals surface area contributed by atoms with E-state index in [4.69, 9.17) is 0 Å². The van der Waals surface area contributed by atoms with Gasteiger partial charge >= 0.3 is 0 Å². The molecule has 1 heterocycles. The van der Waals surface area contributed by atoms with Crippen LogP contribution in [0.2, 0.25) is 0 Å². The van der Waals surface area contributed by atoms with Gasteiger partial charge in [0.05, 0.1) is 17.4 Å². The highest BCUT2D eigenvalue weighted by atomic mass is 16.1. The van der Waals surface area contributed by atoms with Crippen LogP contribution in [0.15, 0.2) is 60.9 Å². The van der Waals surface area contributed by atoms with Crippen molar-refractivity contribution < 1.29 is 4.79 Å². The lowest BCUT2D eigenvalue weighted by Crippen LogP contribution is -2.14. The van der Waals surface area contributed by atoms with Gasteiger partial charge in [-0.1, -0.05) is 43.3 Å². The zero-order valence-electron chi connectivity index (χ0n) is 15.3. The van der Waals surface area contributed by atoms with Crippen LogP contribution in [0.3, 0.4) is 0 Å². The monoisotopic (exact) mass is 345 g/mol. The van der Waals surface area contributed by atoms with E-state index >= 15 is 0 Å². The largest absolute Gasteiger partial charge is 0.354 e. The van der Waals surface area contributed by atoms with Crippen molar-refractivity contribution in [2.75, 3.05) is 10.6 Å². The Morgan fingerprint density at radius 1 is 1.00 bits per heavy atom. The number of aromatic nitrogens is 1. The Balaban J connectivity index is 1.82. The summed E-state index contributed by atoms with van der Waals surface area (Å²) in [6.07, 6.45) is 4.24. The fraction of sp³-hybridized carbons (Fsp3) is 0.182. The number of hydrogen-bond donors (Lipinski definition) is 2. The molecule has 0 unspecified atom stereocenters. The van der Waals surface area contributed by atoms with Crippen molar-refractivity contribution in [3.05, 3.63) is 83.2 Å². The van der Waals surface area contributed by atoms with E-state index in [9.17, 15) is 4.79 Å². The third-order valence-corrected chi connectivity index (χ3v) is 4.40. The molecule has 0 fully saturated rings. The summed E-state index contributed by atoms with van der Waals surface area (Å²) in [5, 5.41) is 6.36. The Kier molecular flexibility index (Phi) is 5.32. The van der Waals surface area contributed by atoms with E-state index in [0.717, 1.165) is 34.6 Å². The van der Waals surface area contributed by atoms with Gasteiger partial charge in [0.2, 0.25) is 0 Å². The van der Waals surface area contributed by atoms with Gasteiger partial charge in [-0.15, -0.1) is 0 Å². The molecule has 4 heteroatoms. The highest BCUT2D eigenvalue weighted by Gasteiger charge is 2.11. The quantitative estimate of drug-likeness (QED) is 0.663. The second-order valence-corrected chi connectivity index (χ2v) is 6.32. The first-order valence-electron chi connectivity index (χ1n) is 8.76. The fourth-order valence-corrected chi connectivity index (χ4v) is 2.94. The number of nitrogens with one attached hydrogen (secondary N) is 2. The number of anilines is 3. The van der Waals surface area contributed by atoms with E-state index in [1.165, 1.54) is 5.56 Å². The molecule has 1 amide bonds. The van der Waals surface area contributed by atoms with E-state index < -0.39 is 0 Å². The number of nitrogens with zero attached hydrogens (tertiary/aromatic N) is 1. The summed E-state index contributed by atoms with van der Waals surface area (Å²) in [7, 11) is 0. The third kappa shape index (κ3) is 3.91. The Morgan fingerprint density at radius 2 is 1.73 bits per heavy atom. The SMILES string of the molecule is CCc1ccccc1Nc1cncc(C(=O)Nc2c(C)cccc2C)c1. The van der Waals surface area contributed by atoms with Gasteiger partial charge < -0.3 is 10.6 Å². The molecule has 132 valence electrons. The van der Waals surface area contributed by atoms with Crippen LogP contribution >= 0.6 is 0 Å². The van der Waals surface area contributed by atoms with Gasteiger partial charge in [-0.2, -0.15) is 0 Å². The van der Waals surface area contributed by atoms with Crippen molar-refractivity contribution in [3.63, 3.8) is 0 Å². The van der Waals surface area contributed by atoms with E-state index in [0.29, 0.717) is 5.56 Å². The lowest BCUT2D eigenvalue weighted by Gasteiger charge is -2.13. The Hall–Kier alpha value is -3.14. The average molecular weight is 345 g/mol. The van der Waals surface area contributed by atoms with Crippen LogP contribution in [0, 0.1) is 13.8 Å². The Labute approximate surface area is 154 Å². The molecule has 3 rings (SSSR count). The van der Waals surface area contributed by atoms with Crippen LogP contribution in [-0.2, 0) is 6.42 Å². The predicted octanol–water partition coefficient (Wildman–Crippen LogP) is 5.26. The van der Waals surface area contributed by atoms with Crippen LogP contribution in [0.1, 0.15) is 34.0 Å². The van der Waals surface area contributed by atoms with Gasteiger partial charge in [-0.05, 0) is 49.1 Å². The van der Waals surface area contributed by atoms with Crippen molar-refractivity contribution in [2.24, 2.45) is 0 Å². The van der Waals surface area contributed by atoms with E-state index in [1.807, 2.05) is 56.3 Å². The Bertz CT molecular complexity index is 914. The summed E-state index contributed by atoms with van der Waals surface area (Å²) in [4.78, 5) is 16.9. The van der Waals surface area contributed by atoms with Crippen molar-refractivity contribution >= 4 is 23.0 Å². The lowest BCUT2D eigenvalue weighted by atomic mass is 10.1. The maximum atomic E-state index is 12.7. The second-order valence-electron chi connectivity index (χ2n) is 6.32. The molecule has 0 aliphatic carbocycles. The zero-order valence-corrected chi connectivity index (χ0v) is 15.3. The van der Waals surface area contributed by atoms with Gasteiger partial charge in [0.25, 0.3) is 5.91 Å². The summed E-state index contributed by atoms with van der Waals surface area (Å²) >= 11 is 0. The number of amides is 1. The molecule has 0 radical (unpaired) electrons. The minimum Gasteiger partial charge on any atom is -0.354 e. The fourth-order valence-electron chi connectivity index (χ4n) is 2.94. The highest BCUT2D eigenvalue weighted by molar-refractivity contribution is 6.05. The summed E-state index contributed by atoms with van der Waals surface area (Å²) < 4.78 is 0. The van der Waals surface area contributed by atoms with Crippen molar-refractivity contribution in [1.29, 1.82) is 0 Å². The first-order chi connectivity index (χ1) is 12.6. The third-order valence-electron chi connectivity index (χ3n) is 4.40. The Morgan fingerprint density at radius 3 is 2.46 bits per heavy atom. The van der Waals surface area contributed by atoms with E-state index in [2.05, 4.69) is 28.6 Å². The molecule has 0 bridgehead atoms. The van der Waals surface area contributed by atoms with Crippen LogP contribution in [0.4, 0.5) is 17.1 Å². The molecular formula is C22H23N3O. The van der Waals surface area contributed by atoms with Gasteiger partial charge in [0.1, 0.15) is 0 Å². The number of carbonyl (C=O) groups is 1. The van der Waals surface area contributed by atoms with Gasteiger partial charge in [0, 0.05) is 17.6 Å². The summed E-state index contributed by atoms with van der Waals surface area (Å²) in [6, 6.07) is 15.9. The number of carbonyl (C=O) groups excluding carboxylic acids is 1. The van der Waals surface area contributed by atoms with E-state index in [1.54, 1.807) is 12.4 Å². The maximum absolute atomic E-state index is 12.7. The summed E-state index contributed by atoms with van der Waals surface area (Å²) in [5.41, 5.74) is 6.50. The lowest BCUT2D eigenvalue weighted by molar-refractivity contribution is 0.102. The first-order valence-corrected chi connectivity index (χ1v) is 8.76. The molecule has 0 spiro atoms.